The Kier molecular flexibility index (Phi) is 5.49. The number of halogens is 2. The average molecular weight is 404 g/mol. The van der Waals surface area contributed by atoms with Crippen molar-refractivity contribution in [3.8, 4) is 0 Å². The molecule has 0 saturated carbocycles. The first kappa shape index (κ1) is 19.1. The average Bonchev–Trinajstić information content (AvgIpc) is 2.91. The van der Waals surface area contributed by atoms with Gasteiger partial charge in [0.1, 0.15) is 6.54 Å². The molecule has 1 aliphatic rings. The molecule has 0 spiro atoms. The summed E-state index contributed by atoms with van der Waals surface area (Å²) in [4.78, 5) is 18.3. The first-order valence-corrected chi connectivity index (χ1v) is 10.6. The Balaban J connectivity index is 1.77. The minimum atomic E-state index is -3.28. The highest BCUT2D eigenvalue weighted by atomic mass is 32.2. The number of carbonyl (C=O) groups is 1. The molecule has 1 amide bonds. The summed E-state index contributed by atoms with van der Waals surface area (Å²) < 4.78 is 51.6. The van der Waals surface area contributed by atoms with E-state index in [4.69, 9.17) is 0 Å². The van der Waals surface area contributed by atoms with Crippen LogP contribution in [0.2, 0.25) is 0 Å². The molecular weight excluding hydrogens is 386 g/mol. The fourth-order valence-electron chi connectivity index (χ4n) is 2.88. The van der Waals surface area contributed by atoms with Crippen LogP contribution in [0.3, 0.4) is 0 Å². The number of aromatic nitrogens is 2. The first-order valence-electron chi connectivity index (χ1n) is 7.88. The highest BCUT2D eigenvalue weighted by Crippen LogP contribution is 2.28. The smallest absolute Gasteiger partial charge is 0.291 e. The van der Waals surface area contributed by atoms with E-state index < -0.39 is 15.8 Å². The number of sulfonamides is 1. The van der Waals surface area contributed by atoms with Crippen molar-refractivity contribution in [3.63, 3.8) is 0 Å². The van der Waals surface area contributed by atoms with Crippen LogP contribution in [0.5, 0.6) is 0 Å². The van der Waals surface area contributed by atoms with E-state index in [-0.39, 0.29) is 43.8 Å². The van der Waals surface area contributed by atoms with Gasteiger partial charge in [-0.05, 0) is 23.9 Å². The summed E-state index contributed by atoms with van der Waals surface area (Å²) in [6.07, 6.45) is 1.13. The molecule has 0 N–H and O–H groups in total. The lowest BCUT2D eigenvalue weighted by atomic mass is 10.3. The lowest BCUT2D eigenvalue weighted by Gasteiger charge is -2.33. The predicted octanol–water partition coefficient (Wildman–Crippen LogP) is 1.45. The molecule has 0 radical (unpaired) electrons. The maximum atomic E-state index is 12.8. The molecule has 26 heavy (non-hydrogen) atoms. The molecule has 0 atom stereocenters. The zero-order valence-electron chi connectivity index (χ0n) is 14.0. The number of para-hydroxylation sites is 2. The molecule has 1 aromatic heterocycles. The van der Waals surface area contributed by atoms with Crippen molar-refractivity contribution in [1.82, 2.24) is 18.8 Å². The Morgan fingerprint density at radius 3 is 2.50 bits per heavy atom. The summed E-state index contributed by atoms with van der Waals surface area (Å²) in [5.74, 6) is -2.89. The van der Waals surface area contributed by atoms with Crippen molar-refractivity contribution in [2.45, 2.75) is 17.5 Å². The number of hydrogen-bond acceptors (Lipinski definition) is 5. The second-order valence-electron chi connectivity index (χ2n) is 5.89. The SMILES string of the molecule is CS(=O)(=O)N1CCN(C(=O)Cn2c(SC(F)F)nc3ccccc32)CC1. The minimum absolute atomic E-state index is 0.0873. The molecule has 7 nitrogen and oxygen atoms in total. The quantitative estimate of drug-likeness (QED) is 0.706. The van der Waals surface area contributed by atoms with E-state index >= 15 is 0 Å². The normalized spacial score (nSPS) is 16.5. The van der Waals surface area contributed by atoms with Gasteiger partial charge in [-0.2, -0.15) is 13.1 Å². The zero-order chi connectivity index (χ0) is 18.9. The maximum absolute atomic E-state index is 12.8. The molecule has 2 heterocycles. The Morgan fingerprint density at radius 2 is 1.88 bits per heavy atom. The fraction of sp³-hybridized carbons (Fsp3) is 0.467. The maximum Gasteiger partial charge on any atom is 0.291 e. The van der Waals surface area contributed by atoms with Crippen LogP contribution in [0.1, 0.15) is 0 Å². The van der Waals surface area contributed by atoms with E-state index in [0.717, 1.165) is 6.26 Å². The number of fused-ring (bicyclic) bond motifs is 1. The van der Waals surface area contributed by atoms with E-state index in [1.807, 2.05) is 0 Å². The number of carbonyl (C=O) groups excluding carboxylic acids is 1. The molecule has 11 heteroatoms. The molecule has 0 aliphatic carbocycles. The zero-order valence-corrected chi connectivity index (χ0v) is 15.6. The Labute approximate surface area is 154 Å². The van der Waals surface area contributed by atoms with Crippen molar-refractivity contribution < 1.29 is 22.0 Å². The molecule has 0 bridgehead atoms. The standard InChI is InChI=1S/C15H18F2N4O3S2/c1-26(23,24)20-8-6-19(7-9-20)13(22)10-21-12-5-3-2-4-11(12)18-15(21)25-14(16)17/h2-5,14H,6-10H2,1H3. The van der Waals surface area contributed by atoms with Crippen molar-refractivity contribution >= 4 is 38.7 Å². The van der Waals surface area contributed by atoms with E-state index in [1.165, 1.54) is 8.87 Å². The lowest BCUT2D eigenvalue weighted by Crippen LogP contribution is -2.51. The van der Waals surface area contributed by atoms with Crippen LogP contribution in [0.15, 0.2) is 29.4 Å². The van der Waals surface area contributed by atoms with Gasteiger partial charge < -0.3 is 9.47 Å². The van der Waals surface area contributed by atoms with Crippen LogP contribution in [0, 0.1) is 0 Å². The largest absolute Gasteiger partial charge is 0.339 e. The van der Waals surface area contributed by atoms with E-state index in [2.05, 4.69) is 4.98 Å². The van der Waals surface area contributed by atoms with E-state index in [9.17, 15) is 22.0 Å². The molecular formula is C15H18F2N4O3S2. The summed E-state index contributed by atoms with van der Waals surface area (Å²) >= 11 is 0.303. The number of nitrogens with zero attached hydrogens (tertiary/aromatic N) is 4. The van der Waals surface area contributed by atoms with Crippen molar-refractivity contribution in [1.29, 1.82) is 0 Å². The van der Waals surface area contributed by atoms with Crippen molar-refractivity contribution in [2.75, 3.05) is 32.4 Å². The Bertz CT molecular complexity index is 909. The molecule has 1 aromatic carbocycles. The van der Waals surface area contributed by atoms with Gasteiger partial charge in [0.15, 0.2) is 5.16 Å². The predicted molar refractivity (Wildman–Crippen MR) is 94.6 cm³/mol. The summed E-state index contributed by atoms with van der Waals surface area (Å²) in [7, 11) is -3.28. The van der Waals surface area contributed by atoms with E-state index in [0.29, 0.717) is 22.8 Å². The number of imidazole rings is 1. The summed E-state index contributed by atoms with van der Waals surface area (Å²) in [6, 6.07) is 6.94. The molecule has 1 fully saturated rings. The van der Waals surface area contributed by atoms with Crippen LogP contribution in [-0.2, 0) is 21.4 Å². The van der Waals surface area contributed by atoms with Gasteiger partial charge in [-0.25, -0.2) is 13.4 Å². The van der Waals surface area contributed by atoms with E-state index in [1.54, 1.807) is 29.2 Å². The first-order chi connectivity index (χ1) is 12.3. The fourth-order valence-corrected chi connectivity index (χ4v) is 4.31. The van der Waals surface area contributed by atoms with Crippen LogP contribution in [0.25, 0.3) is 11.0 Å². The van der Waals surface area contributed by atoms with Crippen molar-refractivity contribution in [2.24, 2.45) is 0 Å². The van der Waals surface area contributed by atoms with Crippen molar-refractivity contribution in [3.05, 3.63) is 24.3 Å². The number of piperazine rings is 1. The molecule has 1 saturated heterocycles. The molecule has 1 aliphatic heterocycles. The number of hydrogen-bond donors (Lipinski definition) is 0. The van der Waals surface area contributed by atoms with Gasteiger partial charge in [0.2, 0.25) is 15.9 Å². The topological polar surface area (TPSA) is 75.5 Å². The minimum Gasteiger partial charge on any atom is -0.339 e. The molecule has 0 unspecified atom stereocenters. The Hall–Kier alpha value is -1.72. The highest BCUT2D eigenvalue weighted by molar-refractivity contribution is 7.99. The summed E-state index contributed by atoms with van der Waals surface area (Å²) in [6.45, 7) is 0.891. The van der Waals surface area contributed by atoms with Gasteiger partial charge >= 0.3 is 0 Å². The second-order valence-corrected chi connectivity index (χ2v) is 8.83. The lowest BCUT2D eigenvalue weighted by molar-refractivity contribution is -0.133. The molecule has 2 aromatic rings. The number of benzene rings is 1. The van der Waals surface area contributed by atoms with Crippen LogP contribution >= 0.6 is 11.8 Å². The molecule has 3 rings (SSSR count). The Morgan fingerprint density at radius 1 is 1.23 bits per heavy atom. The second kappa shape index (κ2) is 7.49. The number of alkyl halides is 2. The number of amides is 1. The van der Waals surface area contributed by atoms with Crippen LogP contribution < -0.4 is 0 Å². The number of rotatable bonds is 5. The van der Waals surface area contributed by atoms with Gasteiger partial charge in [-0.1, -0.05) is 12.1 Å². The van der Waals surface area contributed by atoms with Gasteiger partial charge in [0.25, 0.3) is 5.76 Å². The third-order valence-corrected chi connectivity index (χ3v) is 6.17. The summed E-state index contributed by atoms with van der Waals surface area (Å²) in [5.41, 5.74) is 1.16. The van der Waals surface area contributed by atoms with Gasteiger partial charge in [-0.15, -0.1) is 0 Å². The van der Waals surface area contributed by atoms with Crippen LogP contribution in [0.4, 0.5) is 8.78 Å². The highest BCUT2D eigenvalue weighted by Gasteiger charge is 2.27. The molecule has 142 valence electrons. The third-order valence-electron chi connectivity index (χ3n) is 4.17. The third kappa shape index (κ3) is 4.15. The summed E-state index contributed by atoms with van der Waals surface area (Å²) in [5, 5.41) is 0.0873. The monoisotopic (exact) mass is 404 g/mol. The van der Waals surface area contributed by atoms with Gasteiger partial charge in [0.05, 0.1) is 17.3 Å². The number of thioether (sulfide) groups is 1. The van der Waals surface area contributed by atoms with Crippen LogP contribution in [-0.4, -0.2) is 71.3 Å². The van der Waals surface area contributed by atoms with Gasteiger partial charge in [0, 0.05) is 26.2 Å². The van der Waals surface area contributed by atoms with Gasteiger partial charge in [-0.3, -0.25) is 4.79 Å².